The number of carbonyl (C=O) groups excluding carboxylic acids is 1. The molecule has 0 unspecified atom stereocenters. The van der Waals surface area contributed by atoms with Crippen LogP contribution in [-0.4, -0.2) is 25.7 Å². The lowest BCUT2D eigenvalue weighted by molar-refractivity contribution is 0.0526. The molecule has 0 N–H and O–H groups in total. The summed E-state index contributed by atoms with van der Waals surface area (Å²) in [6.07, 6.45) is 0. The first-order valence-electron chi connectivity index (χ1n) is 9.17. The van der Waals surface area contributed by atoms with E-state index in [1.807, 2.05) is 24.3 Å². The Hall–Kier alpha value is -3.08. The second-order valence-electron chi connectivity index (χ2n) is 6.14. The zero-order chi connectivity index (χ0) is 19.4. The maximum atomic E-state index is 12.5. The largest absolute Gasteiger partial charge is 0.462 e. The van der Waals surface area contributed by atoms with Crippen LogP contribution in [0.25, 0.3) is 22.1 Å². The van der Waals surface area contributed by atoms with E-state index in [4.69, 9.17) is 9.15 Å². The molecule has 1 aromatic heterocycles. The zero-order valence-corrected chi connectivity index (χ0v) is 15.8. The van der Waals surface area contributed by atoms with Crippen molar-refractivity contribution < 1.29 is 13.9 Å². The summed E-state index contributed by atoms with van der Waals surface area (Å²) in [5.41, 5.74) is 2.82. The lowest BCUT2D eigenvalue weighted by Crippen LogP contribution is -2.21. The highest BCUT2D eigenvalue weighted by atomic mass is 16.5. The van der Waals surface area contributed by atoms with Crippen LogP contribution < -0.4 is 10.5 Å². The van der Waals surface area contributed by atoms with Gasteiger partial charge in [-0.2, -0.15) is 0 Å². The lowest BCUT2D eigenvalue weighted by Gasteiger charge is -2.21. The van der Waals surface area contributed by atoms with E-state index < -0.39 is 5.63 Å². The van der Waals surface area contributed by atoms with E-state index in [9.17, 15) is 9.59 Å². The molecule has 3 rings (SSSR count). The van der Waals surface area contributed by atoms with E-state index in [2.05, 4.69) is 18.7 Å². The predicted molar refractivity (Wildman–Crippen MR) is 107 cm³/mol. The van der Waals surface area contributed by atoms with Gasteiger partial charge in [0.05, 0.1) is 17.7 Å². The summed E-state index contributed by atoms with van der Waals surface area (Å²) in [6.45, 7) is 8.04. The maximum Gasteiger partial charge on any atom is 0.344 e. The third kappa shape index (κ3) is 3.87. The number of rotatable bonds is 6. The van der Waals surface area contributed by atoms with Gasteiger partial charge in [-0.3, -0.25) is 0 Å². The average Bonchev–Trinajstić information content (AvgIpc) is 2.68. The Morgan fingerprint density at radius 1 is 1.00 bits per heavy atom. The van der Waals surface area contributed by atoms with Crippen molar-refractivity contribution in [1.29, 1.82) is 0 Å². The third-order valence-electron chi connectivity index (χ3n) is 4.56. The van der Waals surface area contributed by atoms with Crippen LogP contribution in [0.1, 0.15) is 31.1 Å². The smallest absolute Gasteiger partial charge is 0.344 e. The van der Waals surface area contributed by atoms with E-state index in [1.54, 1.807) is 31.2 Å². The molecule has 5 nitrogen and oxygen atoms in total. The van der Waals surface area contributed by atoms with Gasteiger partial charge >= 0.3 is 11.6 Å². The molecular formula is C22H23NO4. The molecule has 0 spiro atoms. The molecule has 0 atom stereocenters. The molecule has 0 amide bonds. The minimum atomic E-state index is -0.400. The van der Waals surface area contributed by atoms with Gasteiger partial charge in [-0.15, -0.1) is 0 Å². The molecule has 3 aromatic rings. The number of anilines is 1. The number of esters is 1. The summed E-state index contributed by atoms with van der Waals surface area (Å²) in [5, 5.41) is 0.856. The third-order valence-corrected chi connectivity index (χ3v) is 4.56. The van der Waals surface area contributed by atoms with Gasteiger partial charge in [0.1, 0.15) is 5.58 Å². The van der Waals surface area contributed by atoms with E-state index >= 15 is 0 Å². The van der Waals surface area contributed by atoms with E-state index in [1.165, 1.54) is 0 Å². The van der Waals surface area contributed by atoms with Crippen molar-refractivity contribution >= 4 is 22.6 Å². The van der Waals surface area contributed by atoms with Crippen LogP contribution in [0.3, 0.4) is 0 Å². The number of hydrogen-bond donors (Lipinski definition) is 0. The van der Waals surface area contributed by atoms with Crippen molar-refractivity contribution in [3.63, 3.8) is 0 Å². The van der Waals surface area contributed by atoms with E-state index in [-0.39, 0.29) is 5.97 Å². The highest BCUT2D eigenvalue weighted by Crippen LogP contribution is 2.25. The zero-order valence-electron chi connectivity index (χ0n) is 15.8. The molecule has 2 aromatic carbocycles. The molecule has 0 aliphatic heterocycles. The van der Waals surface area contributed by atoms with Gasteiger partial charge in [-0.25, -0.2) is 9.59 Å². The molecule has 0 fully saturated rings. The van der Waals surface area contributed by atoms with Crippen molar-refractivity contribution in [3.05, 3.63) is 64.5 Å². The summed E-state index contributed by atoms with van der Waals surface area (Å²) in [6, 6.07) is 14.5. The molecule has 1 heterocycles. The number of hydrogen-bond acceptors (Lipinski definition) is 5. The van der Waals surface area contributed by atoms with Crippen molar-refractivity contribution in [3.8, 4) is 11.1 Å². The molecule has 0 aliphatic rings. The minimum absolute atomic E-state index is 0.324. The van der Waals surface area contributed by atoms with Crippen molar-refractivity contribution in [2.24, 2.45) is 0 Å². The first kappa shape index (κ1) is 18.7. The minimum Gasteiger partial charge on any atom is -0.462 e. The van der Waals surface area contributed by atoms with E-state index in [0.29, 0.717) is 28.9 Å². The Kier molecular flexibility index (Phi) is 5.60. The van der Waals surface area contributed by atoms with Gasteiger partial charge in [0, 0.05) is 30.2 Å². The molecule has 0 saturated carbocycles. The van der Waals surface area contributed by atoms with Crippen LogP contribution in [0.15, 0.2) is 57.7 Å². The van der Waals surface area contributed by atoms with Gasteiger partial charge in [-0.05, 0) is 56.7 Å². The van der Waals surface area contributed by atoms with Gasteiger partial charge < -0.3 is 14.1 Å². The number of nitrogens with zero attached hydrogens (tertiary/aromatic N) is 1. The first-order valence-corrected chi connectivity index (χ1v) is 9.17. The first-order chi connectivity index (χ1) is 13.1. The fourth-order valence-corrected chi connectivity index (χ4v) is 3.09. The normalized spacial score (nSPS) is 10.8. The van der Waals surface area contributed by atoms with Crippen molar-refractivity contribution in [1.82, 2.24) is 0 Å². The van der Waals surface area contributed by atoms with Crippen LogP contribution in [-0.2, 0) is 4.74 Å². The molecule has 0 aliphatic carbocycles. The quantitative estimate of drug-likeness (QED) is 0.476. The molecule has 0 saturated heterocycles. The summed E-state index contributed by atoms with van der Waals surface area (Å²) >= 11 is 0. The number of carbonyl (C=O) groups is 1. The molecular weight excluding hydrogens is 342 g/mol. The van der Waals surface area contributed by atoms with Gasteiger partial charge in [-0.1, -0.05) is 12.1 Å². The second kappa shape index (κ2) is 8.08. The van der Waals surface area contributed by atoms with Gasteiger partial charge in [0.2, 0.25) is 0 Å². The number of benzene rings is 2. The summed E-state index contributed by atoms with van der Waals surface area (Å²) in [7, 11) is 0. The summed E-state index contributed by atoms with van der Waals surface area (Å²) < 4.78 is 10.6. The SMILES string of the molecule is CCOC(=O)c1ccc(-c2cc3ccc(N(CC)CC)cc3oc2=O)cc1. The molecule has 5 heteroatoms. The lowest BCUT2D eigenvalue weighted by atomic mass is 10.0. The van der Waals surface area contributed by atoms with Gasteiger partial charge in [0.15, 0.2) is 0 Å². The van der Waals surface area contributed by atoms with Crippen molar-refractivity contribution in [2.45, 2.75) is 20.8 Å². The fraction of sp³-hybridized carbons (Fsp3) is 0.273. The Labute approximate surface area is 158 Å². The summed E-state index contributed by atoms with van der Waals surface area (Å²) in [4.78, 5) is 26.5. The Morgan fingerprint density at radius 2 is 1.70 bits per heavy atom. The Bertz CT molecular complexity index is 1000. The molecule has 0 radical (unpaired) electrons. The van der Waals surface area contributed by atoms with Crippen LogP contribution in [0.4, 0.5) is 5.69 Å². The van der Waals surface area contributed by atoms with Crippen LogP contribution >= 0.6 is 0 Å². The highest BCUT2D eigenvalue weighted by molar-refractivity contribution is 5.90. The average molecular weight is 365 g/mol. The summed E-state index contributed by atoms with van der Waals surface area (Å²) in [5.74, 6) is -0.376. The Morgan fingerprint density at radius 3 is 2.33 bits per heavy atom. The predicted octanol–water partition coefficient (Wildman–Crippen LogP) is 4.48. The number of ether oxygens (including phenoxy) is 1. The van der Waals surface area contributed by atoms with Crippen LogP contribution in [0.2, 0.25) is 0 Å². The van der Waals surface area contributed by atoms with Crippen LogP contribution in [0.5, 0.6) is 0 Å². The van der Waals surface area contributed by atoms with Gasteiger partial charge in [0.25, 0.3) is 0 Å². The maximum absolute atomic E-state index is 12.5. The number of fused-ring (bicyclic) bond motifs is 1. The second-order valence-corrected chi connectivity index (χ2v) is 6.14. The molecule has 140 valence electrons. The van der Waals surface area contributed by atoms with E-state index in [0.717, 1.165) is 24.2 Å². The fourth-order valence-electron chi connectivity index (χ4n) is 3.09. The molecule has 27 heavy (non-hydrogen) atoms. The molecule has 0 bridgehead atoms. The monoisotopic (exact) mass is 365 g/mol. The standard InChI is InChI=1S/C22H23NO4/c1-4-23(5-2)18-12-11-17-13-19(22(25)27-20(17)14-18)15-7-9-16(10-8-15)21(24)26-6-3/h7-14H,4-6H2,1-3H3. The Balaban J connectivity index is 1.98. The van der Waals surface area contributed by atoms with Crippen LogP contribution in [0, 0.1) is 0 Å². The van der Waals surface area contributed by atoms with Crippen molar-refractivity contribution in [2.75, 3.05) is 24.6 Å². The topological polar surface area (TPSA) is 59.8 Å². The highest BCUT2D eigenvalue weighted by Gasteiger charge is 2.12.